The van der Waals surface area contributed by atoms with Gasteiger partial charge in [-0.15, -0.1) is 0 Å². The van der Waals surface area contributed by atoms with Gasteiger partial charge in [-0.1, -0.05) is 6.07 Å². The molecule has 2 aliphatic heterocycles. The molecule has 2 aliphatic rings. The third-order valence-corrected chi connectivity index (χ3v) is 7.64. The minimum Gasteiger partial charge on any atom is -0.351 e. The summed E-state index contributed by atoms with van der Waals surface area (Å²) >= 11 is 0. The van der Waals surface area contributed by atoms with Gasteiger partial charge in [0.05, 0.1) is 11.7 Å². The van der Waals surface area contributed by atoms with Gasteiger partial charge in [-0.3, -0.25) is 9.89 Å². The Morgan fingerprint density at radius 2 is 1.89 bits per heavy atom. The van der Waals surface area contributed by atoms with Crippen LogP contribution in [0.1, 0.15) is 45.6 Å². The molecule has 0 unspecified atom stereocenters. The van der Waals surface area contributed by atoms with E-state index in [1.807, 2.05) is 24.1 Å². The highest BCUT2D eigenvalue weighted by molar-refractivity contribution is 5.96. The number of aromatic nitrogens is 4. The van der Waals surface area contributed by atoms with Crippen LogP contribution in [-0.4, -0.2) is 56.6 Å². The quantitative estimate of drug-likeness (QED) is 0.462. The van der Waals surface area contributed by atoms with Gasteiger partial charge in [0.15, 0.2) is 0 Å². The number of carbonyl (C=O) groups is 1. The molecule has 2 aromatic carbocycles. The van der Waals surface area contributed by atoms with Crippen molar-refractivity contribution in [3.05, 3.63) is 70.8 Å². The van der Waals surface area contributed by atoms with Crippen LogP contribution in [0.4, 0.5) is 5.82 Å². The lowest BCUT2D eigenvalue weighted by molar-refractivity contribution is 0.0714. The third-order valence-electron chi connectivity index (χ3n) is 7.64. The van der Waals surface area contributed by atoms with Gasteiger partial charge in [0.25, 0.3) is 5.91 Å². The summed E-state index contributed by atoms with van der Waals surface area (Å²) in [6.07, 6.45) is 6.17. The zero-order valence-corrected chi connectivity index (χ0v) is 20.8. The second kappa shape index (κ2) is 9.02. The maximum Gasteiger partial charge on any atom is 0.253 e. The van der Waals surface area contributed by atoms with Gasteiger partial charge in [-0.05, 0) is 79.6 Å². The lowest BCUT2D eigenvalue weighted by Gasteiger charge is -2.32. The summed E-state index contributed by atoms with van der Waals surface area (Å²) in [6.45, 7) is 7.16. The van der Waals surface area contributed by atoms with Crippen molar-refractivity contribution >= 4 is 22.6 Å². The van der Waals surface area contributed by atoms with E-state index in [1.165, 1.54) is 11.1 Å². The Kier molecular flexibility index (Phi) is 5.68. The van der Waals surface area contributed by atoms with Crippen molar-refractivity contribution in [3.63, 3.8) is 0 Å². The summed E-state index contributed by atoms with van der Waals surface area (Å²) < 4.78 is 0. The van der Waals surface area contributed by atoms with E-state index in [1.54, 1.807) is 6.33 Å². The molecule has 6 rings (SSSR count). The highest BCUT2D eigenvalue weighted by Crippen LogP contribution is 2.34. The number of hydrogen-bond donors (Lipinski definition) is 2. The van der Waals surface area contributed by atoms with Crippen LogP contribution in [0.5, 0.6) is 0 Å². The van der Waals surface area contributed by atoms with Crippen LogP contribution in [0.2, 0.25) is 0 Å². The summed E-state index contributed by atoms with van der Waals surface area (Å²) in [5.41, 5.74) is 14.6. The molecular formula is C28H31N7O. The van der Waals surface area contributed by atoms with Gasteiger partial charge in [0, 0.05) is 54.4 Å². The van der Waals surface area contributed by atoms with E-state index in [0.717, 1.165) is 83.6 Å². The number of nitrogens with two attached hydrogens (primary N) is 1. The lowest BCUT2D eigenvalue weighted by Crippen LogP contribution is -2.43. The lowest BCUT2D eigenvalue weighted by atomic mass is 9.95. The zero-order valence-electron chi connectivity index (χ0n) is 20.8. The van der Waals surface area contributed by atoms with Crippen molar-refractivity contribution in [2.45, 2.75) is 45.7 Å². The Hall–Kier alpha value is -3.78. The predicted octanol–water partition coefficient (Wildman–Crippen LogP) is 3.76. The van der Waals surface area contributed by atoms with E-state index in [4.69, 9.17) is 10.7 Å². The van der Waals surface area contributed by atoms with Gasteiger partial charge in [-0.2, -0.15) is 5.10 Å². The van der Waals surface area contributed by atoms with Crippen LogP contribution in [0, 0.1) is 13.8 Å². The molecule has 8 heteroatoms. The fourth-order valence-electron chi connectivity index (χ4n) is 5.54. The molecule has 8 nitrogen and oxygen atoms in total. The van der Waals surface area contributed by atoms with Crippen LogP contribution in [0.25, 0.3) is 22.0 Å². The molecule has 2 aromatic heterocycles. The van der Waals surface area contributed by atoms with Crippen molar-refractivity contribution < 1.29 is 4.79 Å². The maximum absolute atomic E-state index is 13.2. The molecule has 0 atom stereocenters. The first kappa shape index (κ1) is 22.7. The highest BCUT2D eigenvalue weighted by Gasteiger charge is 2.25. The second-order valence-corrected chi connectivity index (χ2v) is 10.1. The maximum atomic E-state index is 13.2. The number of benzene rings is 2. The number of likely N-dealkylation sites (tertiary alicyclic amines) is 1. The predicted molar refractivity (Wildman–Crippen MR) is 141 cm³/mol. The fourth-order valence-corrected chi connectivity index (χ4v) is 5.54. The molecule has 0 spiro atoms. The Bertz CT molecular complexity index is 1450. The fraction of sp³-hybridized carbons (Fsp3) is 0.357. The van der Waals surface area contributed by atoms with Crippen molar-refractivity contribution in [3.8, 4) is 11.1 Å². The number of aryl methyl sites for hydroxylation is 2. The summed E-state index contributed by atoms with van der Waals surface area (Å²) in [4.78, 5) is 26.8. The summed E-state index contributed by atoms with van der Waals surface area (Å²) in [6, 6.07) is 10.7. The molecule has 4 aromatic rings. The number of rotatable bonds is 3. The number of anilines is 1. The largest absolute Gasteiger partial charge is 0.351 e. The van der Waals surface area contributed by atoms with Crippen molar-refractivity contribution in [2.75, 3.05) is 24.5 Å². The topological polar surface area (TPSA) is 104 Å². The van der Waals surface area contributed by atoms with Crippen LogP contribution in [0.3, 0.4) is 0 Å². The Balaban J connectivity index is 1.33. The molecule has 3 N–H and O–H groups in total. The standard InChI is InChI=1S/C28H31N7O/c1-17-11-21(25-14-32-33-18(25)2)13-24-26(17)30-16-31-27(24)35-8-5-19-3-4-20(12-22(19)15-35)28(36)34-9-6-23(29)7-10-34/h3-4,11-14,16,23H,5-10,15,29H2,1-2H3,(H,32,33). The van der Waals surface area contributed by atoms with E-state index in [9.17, 15) is 4.79 Å². The average Bonchev–Trinajstić information content (AvgIpc) is 3.33. The van der Waals surface area contributed by atoms with Crippen LogP contribution in [-0.2, 0) is 13.0 Å². The summed E-state index contributed by atoms with van der Waals surface area (Å²) in [5, 5.41) is 8.27. The van der Waals surface area contributed by atoms with E-state index >= 15 is 0 Å². The molecule has 0 radical (unpaired) electrons. The molecule has 0 aliphatic carbocycles. The number of aromatic amines is 1. The van der Waals surface area contributed by atoms with Crippen LogP contribution in [0.15, 0.2) is 42.9 Å². The Labute approximate surface area is 210 Å². The average molecular weight is 482 g/mol. The molecule has 0 saturated carbocycles. The van der Waals surface area contributed by atoms with Crippen molar-refractivity contribution in [1.82, 2.24) is 25.1 Å². The minimum absolute atomic E-state index is 0.102. The number of hydrogen-bond acceptors (Lipinski definition) is 6. The van der Waals surface area contributed by atoms with Gasteiger partial charge < -0.3 is 15.5 Å². The first-order valence-electron chi connectivity index (χ1n) is 12.7. The van der Waals surface area contributed by atoms with Gasteiger partial charge in [0.1, 0.15) is 12.1 Å². The highest BCUT2D eigenvalue weighted by atomic mass is 16.2. The first-order chi connectivity index (χ1) is 17.5. The number of amides is 1. The van der Waals surface area contributed by atoms with Crippen molar-refractivity contribution in [1.29, 1.82) is 0 Å². The number of nitrogens with one attached hydrogen (secondary N) is 1. The monoisotopic (exact) mass is 481 g/mol. The zero-order chi connectivity index (χ0) is 24.8. The minimum atomic E-state index is 0.102. The number of nitrogens with zero attached hydrogens (tertiary/aromatic N) is 5. The molecular weight excluding hydrogens is 450 g/mol. The SMILES string of the molecule is Cc1[nH]ncc1-c1cc(C)c2ncnc(N3CCc4ccc(C(=O)N5CCC(N)CC5)cc4C3)c2c1. The molecule has 0 bridgehead atoms. The Morgan fingerprint density at radius 3 is 2.67 bits per heavy atom. The smallest absolute Gasteiger partial charge is 0.253 e. The molecule has 1 fully saturated rings. The Morgan fingerprint density at radius 1 is 1.06 bits per heavy atom. The molecule has 1 amide bonds. The first-order valence-corrected chi connectivity index (χ1v) is 12.7. The third kappa shape index (κ3) is 4.01. The molecule has 4 heterocycles. The van der Waals surface area contributed by atoms with Gasteiger partial charge in [0.2, 0.25) is 0 Å². The summed E-state index contributed by atoms with van der Waals surface area (Å²) in [7, 11) is 0. The second-order valence-electron chi connectivity index (χ2n) is 10.1. The van der Waals surface area contributed by atoms with Crippen LogP contribution >= 0.6 is 0 Å². The van der Waals surface area contributed by atoms with Crippen molar-refractivity contribution in [2.24, 2.45) is 5.73 Å². The molecule has 1 saturated heterocycles. The van der Waals surface area contributed by atoms with E-state index in [-0.39, 0.29) is 11.9 Å². The van der Waals surface area contributed by atoms with Gasteiger partial charge >= 0.3 is 0 Å². The number of H-pyrrole nitrogens is 1. The number of piperidine rings is 1. The normalized spacial score (nSPS) is 16.4. The van der Waals surface area contributed by atoms with Crippen LogP contribution < -0.4 is 10.6 Å². The molecule has 36 heavy (non-hydrogen) atoms. The molecule has 184 valence electrons. The number of carbonyl (C=O) groups excluding carboxylic acids is 1. The number of fused-ring (bicyclic) bond motifs is 2. The van der Waals surface area contributed by atoms with E-state index in [2.05, 4.69) is 51.3 Å². The summed E-state index contributed by atoms with van der Waals surface area (Å²) in [5.74, 6) is 1.03. The van der Waals surface area contributed by atoms with E-state index < -0.39 is 0 Å². The van der Waals surface area contributed by atoms with E-state index in [0.29, 0.717) is 6.54 Å². The van der Waals surface area contributed by atoms with Gasteiger partial charge in [-0.25, -0.2) is 9.97 Å².